The molecular formula is C14H18N6O2. The molecule has 2 aromatic rings. The predicted molar refractivity (Wildman–Crippen MR) is 78.6 cm³/mol. The lowest BCUT2D eigenvalue weighted by atomic mass is 10.1. The Balaban J connectivity index is 1.53. The molecule has 1 aromatic carbocycles. The van der Waals surface area contributed by atoms with Crippen molar-refractivity contribution >= 4 is 5.91 Å². The first-order valence-electron chi connectivity index (χ1n) is 7.21. The van der Waals surface area contributed by atoms with Gasteiger partial charge in [-0.05, 0) is 5.21 Å². The monoisotopic (exact) mass is 302 g/mol. The highest BCUT2D eigenvalue weighted by molar-refractivity contribution is 5.75. The molecule has 2 atom stereocenters. The second kappa shape index (κ2) is 6.63. The van der Waals surface area contributed by atoms with Gasteiger partial charge in [0.25, 0.3) is 0 Å². The Bertz CT molecular complexity index is 629. The lowest BCUT2D eigenvalue weighted by molar-refractivity contribution is -0.122. The van der Waals surface area contributed by atoms with Gasteiger partial charge in [0, 0.05) is 31.1 Å². The Kier molecular flexibility index (Phi) is 4.40. The zero-order valence-corrected chi connectivity index (χ0v) is 12.0. The van der Waals surface area contributed by atoms with Crippen LogP contribution in [-0.2, 0) is 11.3 Å². The fourth-order valence-electron chi connectivity index (χ4n) is 2.37. The number of carbonyl (C=O) groups excluding carboxylic acids is 1. The summed E-state index contributed by atoms with van der Waals surface area (Å²) in [7, 11) is 0. The average molecular weight is 302 g/mol. The van der Waals surface area contributed by atoms with Crippen molar-refractivity contribution in [1.29, 1.82) is 0 Å². The van der Waals surface area contributed by atoms with Crippen LogP contribution in [0.1, 0.15) is 0 Å². The van der Waals surface area contributed by atoms with Gasteiger partial charge in [-0.25, -0.2) is 0 Å². The molecule has 22 heavy (non-hydrogen) atoms. The molecule has 1 aliphatic rings. The van der Waals surface area contributed by atoms with E-state index in [0.717, 1.165) is 5.56 Å². The van der Waals surface area contributed by atoms with Crippen molar-refractivity contribution in [2.24, 2.45) is 5.92 Å². The minimum absolute atomic E-state index is 0.01000. The molecule has 3 rings (SSSR count). The Morgan fingerprint density at radius 1 is 1.36 bits per heavy atom. The van der Waals surface area contributed by atoms with E-state index in [0.29, 0.717) is 25.5 Å². The summed E-state index contributed by atoms with van der Waals surface area (Å²) in [5.41, 5.74) is 0.856. The maximum Gasteiger partial charge on any atom is 0.243 e. The smallest absolute Gasteiger partial charge is 0.243 e. The SMILES string of the molecule is O=C(Cn1nnc(-c2ccccc2)n1)NCC1CNCC1O. The minimum Gasteiger partial charge on any atom is -0.391 e. The van der Waals surface area contributed by atoms with Crippen molar-refractivity contribution in [3.05, 3.63) is 30.3 Å². The Morgan fingerprint density at radius 3 is 2.91 bits per heavy atom. The van der Waals surface area contributed by atoms with E-state index >= 15 is 0 Å². The van der Waals surface area contributed by atoms with Crippen LogP contribution < -0.4 is 10.6 Å². The Morgan fingerprint density at radius 2 is 2.18 bits per heavy atom. The number of β-amino-alcohol motifs (C(OH)–C–C–N with tert-alkyl or cyclic N) is 1. The van der Waals surface area contributed by atoms with Crippen molar-refractivity contribution < 1.29 is 9.90 Å². The summed E-state index contributed by atoms with van der Waals surface area (Å²) >= 11 is 0. The summed E-state index contributed by atoms with van der Waals surface area (Å²) in [6, 6.07) is 9.47. The van der Waals surface area contributed by atoms with Gasteiger partial charge in [0.15, 0.2) is 0 Å². The number of amides is 1. The number of aromatic nitrogens is 4. The second-order valence-corrected chi connectivity index (χ2v) is 5.30. The molecule has 0 aliphatic carbocycles. The third kappa shape index (κ3) is 3.46. The standard InChI is InChI=1S/C14H18N6O2/c21-12-8-15-6-11(12)7-16-13(22)9-20-18-14(17-19-20)10-4-2-1-3-5-10/h1-5,11-12,15,21H,6-9H2,(H,16,22). The van der Waals surface area contributed by atoms with Crippen LogP contribution in [0.4, 0.5) is 0 Å². The van der Waals surface area contributed by atoms with E-state index in [-0.39, 0.29) is 18.4 Å². The normalized spacial score (nSPS) is 21.0. The molecule has 1 amide bonds. The first kappa shape index (κ1) is 14.6. The third-order valence-electron chi connectivity index (χ3n) is 3.64. The highest BCUT2D eigenvalue weighted by Crippen LogP contribution is 2.11. The number of rotatable bonds is 5. The van der Waals surface area contributed by atoms with Gasteiger partial charge in [-0.3, -0.25) is 4.79 Å². The van der Waals surface area contributed by atoms with Crippen LogP contribution in [0.3, 0.4) is 0 Å². The van der Waals surface area contributed by atoms with Crippen LogP contribution in [0.2, 0.25) is 0 Å². The fourth-order valence-corrected chi connectivity index (χ4v) is 2.37. The van der Waals surface area contributed by atoms with Gasteiger partial charge in [0.2, 0.25) is 11.7 Å². The van der Waals surface area contributed by atoms with Gasteiger partial charge in [0.05, 0.1) is 6.10 Å². The number of nitrogens with zero attached hydrogens (tertiary/aromatic N) is 4. The summed E-state index contributed by atoms with van der Waals surface area (Å²) < 4.78 is 0. The molecule has 116 valence electrons. The highest BCUT2D eigenvalue weighted by Gasteiger charge is 2.25. The number of tetrazole rings is 1. The number of benzene rings is 1. The lowest BCUT2D eigenvalue weighted by Gasteiger charge is -2.13. The van der Waals surface area contributed by atoms with Crippen LogP contribution in [0.15, 0.2) is 30.3 Å². The molecule has 1 aliphatic heterocycles. The fraction of sp³-hybridized carbons (Fsp3) is 0.429. The van der Waals surface area contributed by atoms with E-state index < -0.39 is 6.10 Å². The third-order valence-corrected chi connectivity index (χ3v) is 3.64. The molecule has 2 heterocycles. The number of nitrogens with one attached hydrogen (secondary N) is 2. The average Bonchev–Trinajstić information content (AvgIpc) is 3.15. The molecule has 0 saturated carbocycles. The molecule has 1 aromatic heterocycles. The first-order valence-corrected chi connectivity index (χ1v) is 7.21. The van der Waals surface area contributed by atoms with E-state index in [1.165, 1.54) is 4.80 Å². The van der Waals surface area contributed by atoms with Crippen LogP contribution in [0.25, 0.3) is 11.4 Å². The summed E-state index contributed by atoms with van der Waals surface area (Å²) in [5.74, 6) is 0.340. The van der Waals surface area contributed by atoms with Crippen molar-refractivity contribution in [3.63, 3.8) is 0 Å². The maximum absolute atomic E-state index is 11.9. The quantitative estimate of drug-likeness (QED) is 0.657. The molecule has 0 radical (unpaired) electrons. The first-order chi connectivity index (χ1) is 10.7. The Labute approximate surface area is 127 Å². The molecule has 0 spiro atoms. The number of hydrogen-bond acceptors (Lipinski definition) is 6. The Hall–Kier alpha value is -2.32. The molecule has 1 saturated heterocycles. The molecule has 8 nitrogen and oxygen atoms in total. The predicted octanol–water partition coefficient (Wildman–Crippen LogP) is -0.963. The van der Waals surface area contributed by atoms with E-state index in [9.17, 15) is 9.90 Å². The zero-order chi connectivity index (χ0) is 15.4. The molecular weight excluding hydrogens is 284 g/mol. The number of aliphatic hydroxyl groups excluding tert-OH is 1. The van der Waals surface area contributed by atoms with Crippen molar-refractivity contribution in [1.82, 2.24) is 30.8 Å². The van der Waals surface area contributed by atoms with Gasteiger partial charge in [-0.1, -0.05) is 30.3 Å². The van der Waals surface area contributed by atoms with Crippen LogP contribution in [0.5, 0.6) is 0 Å². The van der Waals surface area contributed by atoms with Crippen LogP contribution >= 0.6 is 0 Å². The zero-order valence-electron chi connectivity index (χ0n) is 12.0. The van der Waals surface area contributed by atoms with Gasteiger partial charge >= 0.3 is 0 Å². The van der Waals surface area contributed by atoms with Gasteiger partial charge in [0.1, 0.15) is 6.54 Å². The van der Waals surface area contributed by atoms with Crippen molar-refractivity contribution in [2.75, 3.05) is 19.6 Å². The topological polar surface area (TPSA) is 105 Å². The maximum atomic E-state index is 11.9. The summed E-state index contributed by atoms with van der Waals surface area (Å²) in [5, 5.41) is 27.5. The summed E-state index contributed by atoms with van der Waals surface area (Å²) in [6.07, 6.45) is -0.408. The molecule has 0 bridgehead atoms. The van der Waals surface area contributed by atoms with E-state index in [2.05, 4.69) is 26.0 Å². The summed E-state index contributed by atoms with van der Waals surface area (Å²) in [6.45, 7) is 1.73. The largest absolute Gasteiger partial charge is 0.391 e. The number of carbonyl (C=O) groups is 1. The van der Waals surface area contributed by atoms with Gasteiger partial charge < -0.3 is 15.7 Å². The van der Waals surface area contributed by atoms with Gasteiger partial charge in [-0.2, -0.15) is 4.80 Å². The molecule has 8 heteroatoms. The summed E-state index contributed by atoms with van der Waals surface area (Å²) in [4.78, 5) is 13.1. The van der Waals surface area contributed by atoms with E-state index in [1.807, 2.05) is 30.3 Å². The van der Waals surface area contributed by atoms with Crippen LogP contribution in [0, 0.1) is 5.92 Å². The van der Waals surface area contributed by atoms with E-state index in [4.69, 9.17) is 0 Å². The van der Waals surface area contributed by atoms with Gasteiger partial charge in [-0.15, -0.1) is 10.2 Å². The van der Waals surface area contributed by atoms with Crippen molar-refractivity contribution in [3.8, 4) is 11.4 Å². The lowest BCUT2D eigenvalue weighted by Crippen LogP contribution is -2.36. The number of aliphatic hydroxyl groups is 1. The molecule has 3 N–H and O–H groups in total. The molecule has 2 unspecified atom stereocenters. The minimum atomic E-state index is -0.408. The van der Waals surface area contributed by atoms with Crippen LogP contribution in [-0.4, -0.2) is 57.0 Å². The second-order valence-electron chi connectivity index (χ2n) is 5.30. The van der Waals surface area contributed by atoms with Crippen molar-refractivity contribution in [2.45, 2.75) is 12.6 Å². The number of hydrogen-bond donors (Lipinski definition) is 3. The molecule has 1 fully saturated rings. The van der Waals surface area contributed by atoms with E-state index in [1.54, 1.807) is 0 Å². The highest BCUT2D eigenvalue weighted by atomic mass is 16.3.